The van der Waals surface area contributed by atoms with E-state index in [1.807, 2.05) is 20.8 Å². The lowest BCUT2D eigenvalue weighted by Crippen LogP contribution is -2.19. The van der Waals surface area contributed by atoms with E-state index in [1.165, 1.54) is 0 Å². The molecule has 0 aliphatic carbocycles. The Morgan fingerprint density at radius 2 is 2.00 bits per heavy atom. The van der Waals surface area contributed by atoms with Gasteiger partial charge in [-0.25, -0.2) is 4.79 Å². The number of nitrogens with two attached hydrogens (primary N) is 1. The Bertz CT molecular complexity index is 324. The van der Waals surface area contributed by atoms with Crippen molar-refractivity contribution in [2.75, 3.05) is 12.4 Å². The van der Waals surface area contributed by atoms with Crippen molar-refractivity contribution in [2.45, 2.75) is 20.8 Å². The highest BCUT2D eigenvalue weighted by Gasteiger charge is 2.00. The van der Waals surface area contributed by atoms with Crippen LogP contribution in [0.15, 0.2) is 18.2 Å². The number of benzene rings is 1. The first-order chi connectivity index (χ1) is 7.13. The van der Waals surface area contributed by atoms with Crippen LogP contribution < -0.4 is 15.8 Å². The highest BCUT2D eigenvalue weighted by molar-refractivity contribution is 5.87. The molecule has 0 heterocycles. The van der Waals surface area contributed by atoms with Gasteiger partial charge in [-0.2, -0.15) is 0 Å². The maximum atomic E-state index is 10.5. The van der Waals surface area contributed by atoms with E-state index in [9.17, 15) is 4.79 Å². The van der Waals surface area contributed by atoms with Crippen LogP contribution in [0.5, 0.6) is 5.75 Å². The van der Waals surface area contributed by atoms with Crippen LogP contribution in [0.3, 0.4) is 0 Å². The van der Waals surface area contributed by atoms with E-state index < -0.39 is 6.03 Å². The molecule has 0 saturated carbocycles. The maximum absolute atomic E-state index is 10.5. The monoisotopic (exact) mass is 210 g/mol. The number of amides is 2. The van der Waals surface area contributed by atoms with Crippen LogP contribution in [0, 0.1) is 6.92 Å². The van der Waals surface area contributed by atoms with E-state index in [1.54, 1.807) is 25.3 Å². The highest BCUT2D eigenvalue weighted by atomic mass is 16.5. The summed E-state index contributed by atoms with van der Waals surface area (Å²) >= 11 is 0. The number of carbonyl (C=O) groups excluding carboxylic acids is 1. The van der Waals surface area contributed by atoms with Gasteiger partial charge in [0.2, 0.25) is 0 Å². The fraction of sp³-hybridized carbons (Fsp3) is 0.364. The van der Waals surface area contributed by atoms with Crippen molar-refractivity contribution in [1.82, 2.24) is 0 Å². The minimum atomic E-state index is -0.565. The van der Waals surface area contributed by atoms with Crippen LogP contribution in [0.25, 0.3) is 0 Å². The zero-order valence-electron chi connectivity index (χ0n) is 9.63. The summed E-state index contributed by atoms with van der Waals surface area (Å²) in [5.41, 5.74) is 6.59. The number of primary amides is 1. The zero-order chi connectivity index (χ0) is 11.8. The Kier molecular flexibility index (Phi) is 5.94. The van der Waals surface area contributed by atoms with Gasteiger partial charge >= 0.3 is 6.03 Å². The molecule has 0 unspecified atom stereocenters. The molecule has 4 nitrogen and oxygen atoms in total. The summed E-state index contributed by atoms with van der Waals surface area (Å²) in [4.78, 5) is 10.5. The van der Waals surface area contributed by atoms with Crippen molar-refractivity contribution < 1.29 is 9.53 Å². The highest BCUT2D eigenvalue weighted by Crippen LogP contribution is 2.20. The van der Waals surface area contributed by atoms with Gasteiger partial charge in [0.1, 0.15) is 5.75 Å². The first kappa shape index (κ1) is 13.3. The molecule has 15 heavy (non-hydrogen) atoms. The van der Waals surface area contributed by atoms with E-state index >= 15 is 0 Å². The van der Waals surface area contributed by atoms with E-state index in [4.69, 9.17) is 10.5 Å². The normalized spacial score (nSPS) is 8.53. The number of carbonyl (C=O) groups is 1. The molecule has 2 amide bonds. The van der Waals surface area contributed by atoms with Gasteiger partial charge < -0.3 is 15.8 Å². The Morgan fingerprint density at radius 1 is 1.40 bits per heavy atom. The average Bonchev–Trinajstić information content (AvgIpc) is 2.20. The Balaban J connectivity index is 0.000000921. The van der Waals surface area contributed by atoms with Crippen molar-refractivity contribution in [2.24, 2.45) is 5.73 Å². The minimum absolute atomic E-state index is 0.565. The predicted molar refractivity (Wildman–Crippen MR) is 62.3 cm³/mol. The molecule has 0 radical (unpaired) electrons. The molecular weight excluding hydrogens is 192 g/mol. The molecule has 0 aliphatic heterocycles. The van der Waals surface area contributed by atoms with Crippen LogP contribution in [0.4, 0.5) is 10.5 Å². The van der Waals surface area contributed by atoms with Crippen molar-refractivity contribution in [3.63, 3.8) is 0 Å². The van der Waals surface area contributed by atoms with E-state index in [2.05, 4.69) is 5.32 Å². The molecule has 0 fully saturated rings. The molecule has 0 bridgehead atoms. The third kappa shape index (κ3) is 4.35. The molecule has 0 saturated heterocycles. The number of methoxy groups -OCH3 is 1. The average molecular weight is 210 g/mol. The molecule has 1 aromatic rings. The largest absolute Gasteiger partial charge is 0.496 e. The van der Waals surface area contributed by atoms with Crippen LogP contribution in [0.2, 0.25) is 0 Å². The number of anilines is 1. The lowest BCUT2D eigenvalue weighted by molar-refractivity contribution is 0.259. The van der Waals surface area contributed by atoms with Gasteiger partial charge in [-0.15, -0.1) is 0 Å². The number of urea groups is 1. The molecule has 0 aromatic heterocycles. The second-order valence-corrected chi connectivity index (χ2v) is 2.67. The number of aryl methyl sites for hydroxylation is 1. The summed E-state index contributed by atoms with van der Waals surface area (Å²) < 4.78 is 5.06. The van der Waals surface area contributed by atoms with Crippen molar-refractivity contribution in [3.05, 3.63) is 23.8 Å². The fourth-order valence-electron chi connectivity index (χ4n) is 1.10. The molecule has 0 spiro atoms. The zero-order valence-corrected chi connectivity index (χ0v) is 9.63. The van der Waals surface area contributed by atoms with Gasteiger partial charge in [-0.3, -0.25) is 0 Å². The lowest BCUT2D eigenvalue weighted by atomic mass is 10.2. The lowest BCUT2D eigenvalue weighted by Gasteiger charge is -2.06. The number of hydrogen-bond acceptors (Lipinski definition) is 2. The summed E-state index contributed by atoms with van der Waals surface area (Å²) in [5, 5.41) is 2.48. The maximum Gasteiger partial charge on any atom is 0.316 e. The first-order valence-electron chi connectivity index (χ1n) is 4.84. The first-order valence-corrected chi connectivity index (χ1v) is 4.84. The molecular formula is C11H18N2O2. The Hall–Kier alpha value is -1.71. The van der Waals surface area contributed by atoms with E-state index in [0.717, 1.165) is 11.3 Å². The van der Waals surface area contributed by atoms with Gasteiger partial charge in [-0.05, 0) is 30.7 Å². The number of hydrogen-bond donors (Lipinski definition) is 2. The van der Waals surface area contributed by atoms with Crippen LogP contribution in [-0.4, -0.2) is 13.1 Å². The van der Waals surface area contributed by atoms with E-state index in [-0.39, 0.29) is 0 Å². The van der Waals surface area contributed by atoms with Crippen molar-refractivity contribution >= 4 is 11.7 Å². The Labute approximate surface area is 90.4 Å². The van der Waals surface area contributed by atoms with Crippen LogP contribution in [0.1, 0.15) is 19.4 Å². The standard InChI is InChI=1S/C9H12N2O2.C2H6/c1-6-5-7(11-9(10)12)3-4-8(6)13-2;1-2/h3-5H,1-2H3,(H3,10,11,12);1-2H3. The van der Waals surface area contributed by atoms with E-state index in [0.29, 0.717) is 5.69 Å². The second-order valence-electron chi connectivity index (χ2n) is 2.67. The van der Waals surface area contributed by atoms with Crippen LogP contribution in [-0.2, 0) is 0 Å². The minimum Gasteiger partial charge on any atom is -0.496 e. The van der Waals surface area contributed by atoms with Gasteiger partial charge in [0, 0.05) is 5.69 Å². The third-order valence-corrected chi connectivity index (χ3v) is 1.66. The predicted octanol–water partition coefficient (Wildman–Crippen LogP) is 2.52. The van der Waals surface area contributed by atoms with Gasteiger partial charge in [0.15, 0.2) is 0 Å². The summed E-state index contributed by atoms with van der Waals surface area (Å²) in [7, 11) is 1.60. The molecule has 3 N–H and O–H groups in total. The Morgan fingerprint density at radius 3 is 2.40 bits per heavy atom. The molecule has 84 valence electrons. The van der Waals surface area contributed by atoms with Gasteiger partial charge in [0.05, 0.1) is 7.11 Å². The summed E-state index contributed by atoms with van der Waals surface area (Å²) in [5.74, 6) is 0.787. The van der Waals surface area contributed by atoms with Crippen molar-refractivity contribution in [3.8, 4) is 5.75 Å². The SMILES string of the molecule is CC.COc1ccc(NC(N)=O)cc1C. The molecule has 1 aromatic carbocycles. The van der Waals surface area contributed by atoms with Crippen molar-refractivity contribution in [1.29, 1.82) is 0 Å². The molecule has 4 heteroatoms. The molecule has 0 aliphatic rings. The number of rotatable bonds is 2. The second kappa shape index (κ2) is 6.70. The van der Waals surface area contributed by atoms with Gasteiger partial charge in [0.25, 0.3) is 0 Å². The topological polar surface area (TPSA) is 64.3 Å². The molecule has 0 atom stereocenters. The quantitative estimate of drug-likeness (QED) is 0.787. The fourth-order valence-corrected chi connectivity index (χ4v) is 1.10. The molecule has 1 rings (SSSR count). The van der Waals surface area contributed by atoms with Gasteiger partial charge in [-0.1, -0.05) is 13.8 Å². The summed E-state index contributed by atoms with van der Waals surface area (Å²) in [6, 6.07) is 4.74. The number of ether oxygens (including phenoxy) is 1. The third-order valence-electron chi connectivity index (χ3n) is 1.66. The summed E-state index contributed by atoms with van der Waals surface area (Å²) in [6.45, 7) is 5.89. The van der Waals surface area contributed by atoms with Crippen LogP contribution >= 0.6 is 0 Å². The summed E-state index contributed by atoms with van der Waals surface area (Å²) in [6.07, 6.45) is 0. The smallest absolute Gasteiger partial charge is 0.316 e. The number of nitrogens with one attached hydrogen (secondary N) is 1.